The van der Waals surface area contributed by atoms with Gasteiger partial charge in [-0.1, -0.05) is 20.8 Å². The highest BCUT2D eigenvalue weighted by molar-refractivity contribution is 7.96. The molecule has 0 aliphatic carbocycles. The molecule has 70 valence electrons. The quantitative estimate of drug-likeness (QED) is 0.575. The standard InChI is InChI=1S/C9H21S.H2O/c1-4-7-10(8-5-2)9-6-3;/h4-9H2,1-3H3;1H2/q+1;/p-1. The summed E-state index contributed by atoms with van der Waals surface area (Å²) in [6, 6.07) is 0. The molecule has 0 aliphatic rings. The molecule has 0 fully saturated rings. The van der Waals surface area contributed by atoms with Crippen LogP contribution in [0.15, 0.2) is 0 Å². The van der Waals surface area contributed by atoms with E-state index in [9.17, 15) is 0 Å². The maximum absolute atomic E-state index is 2.30. The minimum Gasteiger partial charge on any atom is -0.870 e. The van der Waals surface area contributed by atoms with E-state index in [1.54, 1.807) is 0 Å². The third-order valence-electron chi connectivity index (χ3n) is 1.48. The van der Waals surface area contributed by atoms with Crippen LogP contribution in [-0.4, -0.2) is 22.7 Å². The van der Waals surface area contributed by atoms with Crippen molar-refractivity contribution in [2.75, 3.05) is 17.3 Å². The molecule has 0 saturated carbocycles. The van der Waals surface area contributed by atoms with Crippen LogP contribution in [0.3, 0.4) is 0 Å². The molecule has 0 saturated heterocycles. The highest BCUT2D eigenvalue weighted by Gasteiger charge is 2.12. The zero-order chi connectivity index (χ0) is 7.82. The molecule has 0 heterocycles. The van der Waals surface area contributed by atoms with Crippen molar-refractivity contribution >= 4 is 10.9 Å². The Kier molecular flexibility index (Phi) is 13.0. The summed E-state index contributed by atoms with van der Waals surface area (Å²) in [4.78, 5) is 0. The van der Waals surface area contributed by atoms with Gasteiger partial charge in [-0.05, 0) is 30.2 Å². The lowest BCUT2D eigenvalue weighted by atomic mass is 10.6. The van der Waals surface area contributed by atoms with Gasteiger partial charge < -0.3 is 5.48 Å². The summed E-state index contributed by atoms with van der Waals surface area (Å²) in [5.41, 5.74) is 0. The lowest BCUT2D eigenvalue weighted by Crippen LogP contribution is -2.14. The zero-order valence-corrected chi connectivity index (χ0v) is 8.91. The fourth-order valence-corrected chi connectivity index (χ4v) is 3.52. The second-order valence-electron chi connectivity index (χ2n) is 2.72. The van der Waals surface area contributed by atoms with Crippen LogP contribution in [0.4, 0.5) is 0 Å². The molecule has 0 aromatic rings. The molecule has 1 N–H and O–H groups in total. The van der Waals surface area contributed by atoms with Gasteiger partial charge in [0.2, 0.25) is 0 Å². The molecule has 1 nitrogen and oxygen atoms in total. The topological polar surface area (TPSA) is 30.0 Å². The van der Waals surface area contributed by atoms with E-state index in [1.165, 1.54) is 36.5 Å². The SMILES string of the molecule is CCC[S+](CCC)CCC.[OH-]. The third kappa shape index (κ3) is 8.21. The Balaban J connectivity index is 0. The monoisotopic (exact) mass is 178 g/mol. The van der Waals surface area contributed by atoms with E-state index in [4.69, 9.17) is 0 Å². The van der Waals surface area contributed by atoms with Gasteiger partial charge in [-0.25, -0.2) is 0 Å². The van der Waals surface area contributed by atoms with Crippen LogP contribution in [0, 0.1) is 0 Å². The summed E-state index contributed by atoms with van der Waals surface area (Å²) in [6.07, 6.45) is 4.13. The van der Waals surface area contributed by atoms with Crippen molar-refractivity contribution in [2.45, 2.75) is 40.0 Å². The highest BCUT2D eigenvalue weighted by atomic mass is 32.2. The molecule has 11 heavy (non-hydrogen) atoms. The van der Waals surface area contributed by atoms with E-state index < -0.39 is 0 Å². The van der Waals surface area contributed by atoms with Crippen LogP contribution in [0.25, 0.3) is 0 Å². The minimum atomic E-state index is 0. The second-order valence-corrected chi connectivity index (χ2v) is 5.17. The molecule has 0 spiro atoms. The first-order chi connectivity index (χ1) is 4.85. The van der Waals surface area contributed by atoms with E-state index in [0.29, 0.717) is 0 Å². The highest BCUT2D eigenvalue weighted by Crippen LogP contribution is 2.03. The summed E-state index contributed by atoms with van der Waals surface area (Å²) in [5.74, 6) is 4.42. The minimum absolute atomic E-state index is 0. The van der Waals surface area contributed by atoms with Crippen LogP contribution < -0.4 is 0 Å². The predicted molar refractivity (Wildman–Crippen MR) is 54.8 cm³/mol. The Bertz CT molecular complexity index is 52.3. The lowest BCUT2D eigenvalue weighted by molar-refractivity contribution is 0.824. The number of hydrogen-bond donors (Lipinski definition) is 0. The largest absolute Gasteiger partial charge is 0.870 e. The van der Waals surface area contributed by atoms with Gasteiger partial charge in [0.05, 0.1) is 0 Å². The van der Waals surface area contributed by atoms with Gasteiger partial charge in [0.25, 0.3) is 0 Å². The van der Waals surface area contributed by atoms with E-state index in [1.807, 2.05) is 0 Å². The van der Waals surface area contributed by atoms with Crippen molar-refractivity contribution in [1.82, 2.24) is 0 Å². The summed E-state index contributed by atoms with van der Waals surface area (Å²) in [7, 11) is 0.775. The maximum atomic E-state index is 2.30. The van der Waals surface area contributed by atoms with E-state index in [0.717, 1.165) is 10.9 Å². The first-order valence-corrected chi connectivity index (χ1v) is 6.22. The van der Waals surface area contributed by atoms with Crippen molar-refractivity contribution in [3.8, 4) is 0 Å². The Morgan fingerprint density at radius 1 is 0.727 bits per heavy atom. The molecular weight excluding hydrogens is 156 g/mol. The van der Waals surface area contributed by atoms with Crippen molar-refractivity contribution in [3.05, 3.63) is 0 Å². The van der Waals surface area contributed by atoms with E-state index >= 15 is 0 Å². The third-order valence-corrected chi connectivity index (χ3v) is 4.44. The normalized spacial score (nSPS) is 9.82. The molecule has 0 aromatic heterocycles. The van der Waals surface area contributed by atoms with Gasteiger partial charge in [-0.2, -0.15) is 0 Å². The first kappa shape index (κ1) is 13.9. The second kappa shape index (κ2) is 10.3. The van der Waals surface area contributed by atoms with Gasteiger partial charge in [-0.15, -0.1) is 0 Å². The van der Waals surface area contributed by atoms with Gasteiger partial charge in [-0.3, -0.25) is 0 Å². The average molecular weight is 178 g/mol. The smallest absolute Gasteiger partial charge is 0.107 e. The van der Waals surface area contributed by atoms with E-state index in [2.05, 4.69) is 20.8 Å². The van der Waals surface area contributed by atoms with Crippen LogP contribution in [0.5, 0.6) is 0 Å². The number of hydrogen-bond acceptors (Lipinski definition) is 1. The van der Waals surface area contributed by atoms with Crippen molar-refractivity contribution in [3.63, 3.8) is 0 Å². The molecule has 0 unspecified atom stereocenters. The summed E-state index contributed by atoms with van der Waals surface area (Å²) >= 11 is 0. The fraction of sp³-hybridized carbons (Fsp3) is 1.00. The molecule has 0 bridgehead atoms. The van der Waals surface area contributed by atoms with Crippen LogP contribution in [-0.2, 0) is 10.9 Å². The van der Waals surface area contributed by atoms with Crippen molar-refractivity contribution < 1.29 is 5.48 Å². The fourth-order valence-electron chi connectivity index (χ4n) is 1.17. The Hall–Kier alpha value is 0.310. The van der Waals surface area contributed by atoms with Crippen LogP contribution in [0.2, 0.25) is 0 Å². The van der Waals surface area contributed by atoms with Crippen molar-refractivity contribution in [1.29, 1.82) is 0 Å². The Morgan fingerprint density at radius 2 is 1.00 bits per heavy atom. The summed E-state index contributed by atoms with van der Waals surface area (Å²) in [5, 5.41) is 0. The predicted octanol–water partition coefficient (Wildman–Crippen LogP) is 2.66. The van der Waals surface area contributed by atoms with Gasteiger partial charge in [0, 0.05) is 0 Å². The first-order valence-electron chi connectivity index (χ1n) is 4.49. The Labute approximate surface area is 74.2 Å². The zero-order valence-electron chi connectivity index (χ0n) is 8.10. The van der Waals surface area contributed by atoms with Gasteiger partial charge in [0.1, 0.15) is 17.3 Å². The summed E-state index contributed by atoms with van der Waals surface area (Å²) < 4.78 is 0. The average Bonchev–Trinajstić information content (AvgIpc) is 1.90. The van der Waals surface area contributed by atoms with E-state index in [-0.39, 0.29) is 5.48 Å². The van der Waals surface area contributed by atoms with Gasteiger partial charge in [0.15, 0.2) is 0 Å². The molecule has 0 aromatic carbocycles. The molecule has 0 atom stereocenters. The molecule has 0 aliphatic heterocycles. The number of rotatable bonds is 6. The van der Waals surface area contributed by atoms with Crippen molar-refractivity contribution in [2.24, 2.45) is 0 Å². The van der Waals surface area contributed by atoms with Gasteiger partial charge >= 0.3 is 0 Å². The molecule has 0 rings (SSSR count). The molecular formula is C9H22OS. The summed E-state index contributed by atoms with van der Waals surface area (Å²) in [6.45, 7) is 6.89. The van der Waals surface area contributed by atoms with Crippen LogP contribution in [0.1, 0.15) is 40.0 Å². The molecule has 0 radical (unpaired) electrons. The maximum Gasteiger partial charge on any atom is 0.107 e. The molecule has 2 heteroatoms. The molecule has 0 amide bonds. The van der Waals surface area contributed by atoms with Crippen LogP contribution >= 0.6 is 0 Å². The lowest BCUT2D eigenvalue weighted by Gasteiger charge is -2.03. The Morgan fingerprint density at radius 3 is 1.18 bits per heavy atom.